The predicted molar refractivity (Wildman–Crippen MR) is 129 cm³/mol. The van der Waals surface area contributed by atoms with Crippen molar-refractivity contribution in [3.63, 3.8) is 0 Å². The van der Waals surface area contributed by atoms with E-state index in [9.17, 15) is 0 Å². The predicted octanol–water partition coefficient (Wildman–Crippen LogP) is 7.27. The van der Waals surface area contributed by atoms with E-state index in [1.807, 2.05) is 13.8 Å². The first-order chi connectivity index (χ1) is 13.5. The molecule has 0 spiro atoms. The molecule has 0 saturated carbocycles. The molecule has 154 valence electrons. The van der Waals surface area contributed by atoms with Gasteiger partial charge in [-0.3, -0.25) is 15.0 Å². The Labute approximate surface area is 176 Å². The Bertz CT molecular complexity index is 961. The van der Waals surface area contributed by atoms with Gasteiger partial charge < -0.3 is 0 Å². The number of nitrogens with zero attached hydrogens (tertiary/aromatic N) is 3. The van der Waals surface area contributed by atoms with Gasteiger partial charge in [-0.05, 0) is 91.5 Å². The average Bonchev–Trinajstić information content (AvgIpc) is 2.60. The largest absolute Gasteiger partial charge is 0.279 e. The van der Waals surface area contributed by atoms with Crippen LogP contribution >= 0.6 is 0 Å². The van der Waals surface area contributed by atoms with Gasteiger partial charge in [0.05, 0.1) is 28.8 Å². The maximum atomic E-state index is 4.90. The molecule has 0 radical (unpaired) electrons. The van der Waals surface area contributed by atoms with Crippen LogP contribution in [0.15, 0.2) is 39.2 Å². The minimum atomic E-state index is 0.000430. The second-order valence-electron chi connectivity index (χ2n) is 8.34. The topological polar surface area (TPSA) is 37.1 Å². The molecule has 0 aliphatic rings. The van der Waals surface area contributed by atoms with E-state index in [-0.39, 0.29) is 6.04 Å². The van der Waals surface area contributed by atoms with Gasteiger partial charge in [-0.15, -0.1) is 0 Å². The van der Waals surface area contributed by atoms with Crippen molar-refractivity contribution in [2.24, 2.45) is 15.0 Å². The zero-order valence-corrected chi connectivity index (χ0v) is 19.7. The highest BCUT2D eigenvalue weighted by molar-refractivity contribution is 6.41. The molecule has 0 N–H and O–H groups in total. The van der Waals surface area contributed by atoms with Crippen LogP contribution in [0, 0.1) is 41.5 Å². The first-order valence-electron chi connectivity index (χ1n) is 10.3. The molecule has 0 heterocycles. The maximum Gasteiger partial charge on any atom is 0.0853 e. The molecule has 0 amide bonds. The summed E-state index contributed by atoms with van der Waals surface area (Å²) in [6, 6.07) is 8.72. The summed E-state index contributed by atoms with van der Waals surface area (Å²) in [6.45, 7) is 20.9. The molecule has 1 atom stereocenters. The molecule has 0 bridgehead atoms. The standard InChI is InChI=1S/C26H35N3/c1-15-11-17(3)25(18(4)12-15)28-23(9)21(7)27-22(8)24(10)29-26-19(5)13-16(2)14-20(26)6/h11-14,21H,1-10H3. The van der Waals surface area contributed by atoms with Crippen molar-refractivity contribution in [3.05, 3.63) is 57.6 Å². The summed E-state index contributed by atoms with van der Waals surface area (Å²) in [5.41, 5.74) is 12.4. The van der Waals surface area contributed by atoms with Crippen LogP contribution in [0.1, 0.15) is 61.1 Å². The third kappa shape index (κ3) is 5.72. The van der Waals surface area contributed by atoms with Gasteiger partial charge in [0, 0.05) is 5.71 Å². The average molecular weight is 390 g/mol. The van der Waals surface area contributed by atoms with Gasteiger partial charge in [0.1, 0.15) is 0 Å². The molecule has 2 aromatic carbocycles. The second kappa shape index (κ2) is 9.30. The Hall–Kier alpha value is -2.55. The van der Waals surface area contributed by atoms with Crippen molar-refractivity contribution in [1.82, 2.24) is 0 Å². The molecule has 29 heavy (non-hydrogen) atoms. The minimum absolute atomic E-state index is 0.000430. The van der Waals surface area contributed by atoms with Crippen molar-refractivity contribution in [2.45, 2.75) is 75.3 Å². The van der Waals surface area contributed by atoms with Crippen molar-refractivity contribution in [1.29, 1.82) is 0 Å². The monoisotopic (exact) mass is 389 g/mol. The number of rotatable bonds is 5. The molecule has 0 aliphatic heterocycles. The van der Waals surface area contributed by atoms with Gasteiger partial charge in [-0.2, -0.15) is 0 Å². The molecule has 0 saturated heterocycles. The maximum absolute atomic E-state index is 4.90. The van der Waals surface area contributed by atoms with Crippen LogP contribution in [0.2, 0.25) is 0 Å². The fourth-order valence-electron chi connectivity index (χ4n) is 3.69. The van der Waals surface area contributed by atoms with E-state index in [0.717, 1.165) is 28.5 Å². The van der Waals surface area contributed by atoms with Crippen molar-refractivity contribution in [3.8, 4) is 0 Å². The van der Waals surface area contributed by atoms with Crippen molar-refractivity contribution >= 4 is 28.5 Å². The number of hydrogen-bond donors (Lipinski definition) is 0. The fraction of sp³-hybridized carbons (Fsp3) is 0.423. The highest BCUT2D eigenvalue weighted by Crippen LogP contribution is 2.27. The lowest BCUT2D eigenvalue weighted by atomic mass is 10.0. The number of aryl methyl sites for hydroxylation is 6. The second-order valence-corrected chi connectivity index (χ2v) is 8.34. The summed E-state index contributed by atoms with van der Waals surface area (Å²) in [5.74, 6) is 0. The lowest BCUT2D eigenvalue weighted by molar-refractivity contribution is 0.966. The Morgan fingerprint density at radius 2 is 1.00 bits per heavy atom. The summed E-state index contributed by atoms with van der Waals surface area (Å²) in [7, 11) is 0. The molecular formula is C26H35N3. The molecule has 1 unspecified atom stereocenters. The van der Waals surface area contributed by atoms with E-state index < -0.39 is 0 Å². The van der Waals surface area contributed by atoms with Gasteiger partial charge in [0.2, 0.25) is 0 Å². The fourth-order valence-corrected chi connectivity index (χ4v) is 3.69. The van der Waals surface area contributed by atoms with E-state index >= 15 is 0 Å². The summed E-state index contributed by atoms with van der Waals surface area (Å²) in [6.07, 6.45) is 0. The summed E-state index contributed by atoms with van der Waals surface area (Å²) >= 11 is 0. The first kappa shape index (κ1) is 22.7. The molecule has 2 aromatic rings. The van der Waals surface area contributed by atoms with Gasteiger partial charge in [0.25, 0.3) is 0 Å². The van der Waals surface area contributed by atoms with Gasteiger partial charge in [-0.1, -0.05) is 35.4 Å². The number of aliphatic imine (C=N–C) groups is 3. The molecule has 0 fully saturated rings. The highest BCUT2D eigenvalue weighted by atomic mass is 14.9. The normalized spacial score (nSPS) is 14.3. The van der Waals surface area contributed by atoms with Crippen molar-refractivity contribution in [2.75, 3.05) is 0 Å². The molecule has 3 heteroatoms. The summed E-state index contributed by atoms with van der Waals surface area (Å²) < 4.78 is 0. The Morgan fingerprint density at radius 3 is 1.41 bits per heavy atom. The van der Waals surface area contributed by atoms with Gasteiger partial charge in [-0.25, -0.2) is 0 Å². The van der Waals surface area contributed by atoms with E-state index in [2.05, 4.69) is 79.7 Å². The van der Waals surface area contributed by atoms with Crippen LogP contribution in [0.4, 0.5) is 11.4 Å². The van der Waals surface area contributed by atoms with Crippen LogP contribution < -0.4 is 0 Å². The third-order valence-corrected chi connectivity index (χ3v) is 5.35. The zero-order chi connectivity index (χ0) is 21.9. The van der Waals surface area contributed by atoms with Gasteiger partial charge in [0.15, 0.2) is 0 Å². The van der Waals surface area contributed by atoms with Crippen LogP contribution in [0.5, 0.6) is 0 Å². The Morgan fingerprint density at radius 1 is 0.621 bits per heavy atom. The SMILES string of the molecule is CC(=Nc1c(C)cc(C)cc1C)C(C)=NC(C)C(C)=Nc1c(C)cc(C)cc1C. The van der Waals surface area contributed by atoms with E-state index in [0.29, 0.717) is 0 Å². The van der Waals surface area contributed by atoms with E-state index in [1.165, 1.54) is 33.4 Å². The third-order valence-electron chi connectivity index (χ3n) is 5.35. The Balaban J connectivity index is 2.31. The highest BCUT2D eigenvalue weighted by Gasteiger charge is 2.10. The molecule has 0 aliphatic carbocycles. The number of benzene rings is 2. The number of hydrogen-bond acceptors (Lipinski definition) is 3. The molecular weight excluding hydrogens is 354 g/mol. The first-order valence-corrected chi connectivity index (χ1v) is 10.3. The molecule has 0 aromatic heterocycles. The van der Waals surface area contributed by atoms with Gasteiger partial charge >= 0.3 is 0 Å². The van der Waals surface area contributed by atoms with Crippen LogP contribution in [0.25, 0.3) is 0 Å². The smallest absolute Gasteiger partial charge is 0.0853 e. The van der Waals surface area contributed by atoms with E-state index in [1.54, 1.807) is 0 Å². The van der Waals surface area contributed by atoms with E-state index in [4.69, 9.17) is 15.0 Å². The van der Waals surface area contributed by atoms with Crippen LogP contribution in [-0.4, -0.2) is 23.2 Å². The van der Waals surface area contributed by atoms with Crippen LogP contribution in [-0.2, 0) is 0 Å². The lowest BCUT2D eigenvalue weighted by Gasteiger charge is -2.12. The Kier molecular flexibility index (Phi) is 7.29. The molecule has 3 nitrogen and oxygen atoms in total. The summed E-state index contributed by atoms with van der Waals surface area (Å²) in [4.78, 5) is 14.7. The van der Waals surface area contributed by atoms with Crippen molar-refractivity contribution < 1.29 is 0 Å². The minimum Gasteiger partial charge on any atom is -0.279 e. The molecule has 2 rings (SSSR count). The van der Waals surface area contributed by atoms with Crippen LogP contribution in [0.3, 0.4) is 0 Å². The quantitative estimate of drug-likeness (QED) is 0.482. The summed E-state index contributed by atoms with van der Waals surface area (Å²) in [5, 5.41) is 0. The zero-order valence-electron chi connectivity index (χ0n) is 19.7. The lowest BCUT2D eigenvalue weighted by Crippen LogP contribution is -2.16.